The van der Waals surface area contributed by atoms with Crippen LogP contribution in [0, 0.1) is 13.0 Å². The Balaban J connectivity index is 3.17. The Labute approximate surface area is 64.4 Å². The maximum Gasteiger partial charge on any atom is 0.0488 e. The van der Waals surface area contributed by atoms with Crippen LogP contribution in [0.5, 0.6) is 0 Å². The average molecular weight is 160 g/mol. The highest BCUT2D eigenvalue weighted by molar-refractivity contribution is 6.33. The first kappa shape index (κ1) is 6.91. The summed E-state index contributed by atoms with van der Waals surface area (Å²) in [5.74, 6) is 0. The summed E-state index contributed by atoms with van der Waals surface area (Å²) >= 11 is 11.3. The van der Waals surface area contributed by atoms with Gasteiger partial charge >= 0.3 is 0 Å². The first-order chi connectivity index (χ1) is 4.20. The zero-order valence-corrected chi connectivity index (χ0v) is 6.42. The van der Waals surface area contributed by atoms with Gasteiger partial charge in [-0.3, -0.25) is 0 Å². The summed E-state index contributed by atoms with van der Waals surface area (Å²) in [5.41, 5.74) is 0.986. The fraction of sp³-hybridized carbons (Fsp3) is 0.143. The van der Waals surface area contributed by atoms with Crippen molar-refractivity contribution < 1.29 is 0 Å². The standard InChI is InChI=1S/C7H5Cl2/c1-5-4-6(8)2-3-7(5)9/h3-4H,1H3. The normalized spacial score (nSPS) is 9.67. The summed E-state index contributed by atoms with van der Waals surface area (Å²) in [4.78, 5) is 0. The largest absolute Gasteiger partial charge is 0.0840 e. The van der Waals surface area contributed by atoms with E-state index in [-0.39, 0.29) is 0 Å². The molecule has 0 aromatic heterocycles. The van der Waals surface area contributed by atoms with Gasteiger partial charge in [-0.1, -0.05) is 23.2 Å². The second-order valence-electron chi connectivity index (χ2n) is 1.81. The van der Waals surface area contributed by atoms with Gasteiger partial charge in [0.25, 0.3) is 0 Å². The van der Waals surface area contributed by atoms with Crippen LogP contribution in [0.3, 0.4) is 0 Å². The van der Waals surface area contributed by atoms with Crippen molar-refractivity contribution in [1.29, 1.82) is 0 Å². The fourth-order valence-corrected chi connectivity index (χ4v) is 0.874. The molecule has 1 rings (SSSR count). The molecular formula is C7H5Cl2. The molecule has 0 aliphatic rings. The maximum absolute atomic E-state index is 5.69. The highest BCUT2D eigenvalue weighted by atomic mass is 35.5. The maximum atomic E-state index is 5.69. The third kappa shape index (κ3) is 1.60. The Morgan fingerprint density at radius 1 is 1.44 bits per heavy atom. The van der Waals surface area contributed by atoms with Gasteiger partial charge in [-0.15, -0.1) is 0 Å². The lowest BCUT2D eigenvalue weighted by Crippen LogP contribution is -1.72. The molecule has 0 spiro atoms. The Hall–Kier alpha value is -0.200. The van der Waals surface area contributed by atoms with E-state index in [4.69, 9.17) is 23.2 Å². The van der Waals surface area contributed by atoms with E-state index < -0.39 is 0 Å². The minimum atomic E-state index is 0.608. The third-order valence-electron chi connectivity index (χ3n) is 1.06. The van der Waals surface area contributed by atoms with Crippen LogP contribution in [0.15, 0.2) is 12.1 Å². The highest BCUT2D eigenvalue weighted by Gasteiger charge is 1.93. The van der Waals surface area contributed by atoms with Gasteiger partial charge in [-0.05, 0) is 24.6 Å². The van der Waals surface area contributed by atoms with E-state index in [0.717, 1.165) is 5.56 Å². The van der Waals surface area contributed by atoms with Crippen molar-refractivity contribution in [2.75, 3.05) is 0 Å². The lowest BCUT2D eigenvalue weighted by Gasteiger charge is -1.94. The Bertz CT molecular complexity index is 218. The molecule has 0 fully saturated rings. The van der Waals surface area contributed by atoms with Crippen molar-refractivity contribution in [2.45, 2.75) is 6.92 Å². The molecule has 0 aliphatic carbocycles. The Morgan fingerprint density at radius 2 is 2.11 bits per heavy atom. The molecule has 1 aromatic rings. The summed E-state index contributed by atoms with van der Waals surface area (Å²) in [6.45, 7) is 1.90. The van der Waals surface area contributed by atoms with Crippen molar-refractivity contribution in [2.24, 2.45) is 0 Å². The van der Waals surface area contributed by atoms with Crippen LogP contribution < -0.4 is 0 Å². The molecule has 0 saturated carbocycles. The summed E-state index contributed by atoms with van der Waals surface area (Å²) in [7, 11) is 0. The van der Waals surface area contributed by atoms with Gasteiger partial charge in [0.2, 0.25) is 0 Å². The Morgan fingerprint density at radius 3 is 2.56 bits per heavy atom. The average Bonchev–Trinajstić information content (AvgIpc) is 1.80. The topological polar surface area (TPSA) is 0 Å². The molecular weight excluding hydrogens is 155 g/mol. The second-order valence-corrected chi connectivity index (χ2v) is 2.63. The van der Waals surface area contributed by atoms with Crippen LogP contribution >= 0.6 is 23.2 Å². The second kappa shape index (κ2) is 2.59. The predicted octanol–water partition coefficient (Wildman–Crippen LogP) is 3.10. The SMILES string of the molecule is Cc1cc(Cl)[c]cc1Cl. The number of rotatable bonds is 0. The monoisotopic (exact) mass is 159 g/mol. The zero-order chi connectivity index (χ0) is 6.85. The quantitative estimate of drug-likeness (QED) is 0.546. The molecule has 0 nitrogen and oxygen atoms in total. The summed E-state index contributed by atoms with van der Waals surface area (Å²) in [6, 6.07) is 6.22. The van der Waals surface area contributed by atoms with Crippen molar-refractivity contribution >= 4 is 23.2 Å². The van der Waals surface area contributed by atoms with E-state index in [9.17, 15) is 0 Å². The van der Waals surface area contributed by atoms with E-state index in [0.29, 0.717) is 10.0 Å². The number of benzene rings is 1. The van der Waals surface area contributed by atoms with Gasteiger partial charge in [0, 0.05) is 16.1 Å². The molecule has 1 aromatic carbocycles. The minimum Gasteiger partial charge on any atom is -0.0840 e. The predicted molar refractivity (Wildman–Crippen MR) is 40.0 cm³/mol. The summed E-state index contributed by atoms with van der Waals surface area (Å²) in [6.07, 6.45) is 0. The van der Waals surface area contributed by atoms with E-state index in [2.05, 4.69) is 6.07 Å². The first-order valence-corrected chi connectivity index (χ1v) is 3.29. The molecule has 1 radical (unpaired) electrons. The molecule has 9 heavy (non-hydrogen) atoms. The molecule has 0 aliphatic heterocycles. The molecule has 0 bridgehead atoms. The van der Waals surface area contributed by atoms with E-state index in [1.807, 2.05) is 6.92 Å². The van der Waals surface area contributed by atoms with E-state index >= 15 is 0 Å². The summed E-state index contributed by atoms with van der Waals surface area (Å²) < 4.78 is 0. The number of hydrogen-bond acceptors (Lipinski definition) is 0. The van der Waals surface area contributed by atoms with Crippen molar-refractivity contribution in [3.63, 3.8) is 0 Å². The van der Waals surface area contributed by atoms with Crippen molar-refractivity contribution in [3.05, 3.63) is 33.8 Å². The molecule has 0 amide bonds. The lowest BCUT2D eigenvalue weighted by molar-refractivity contribution is 1.47. The molecule has 0 heterocycles. The van der Waals surface area contributed by atoms with Gasteiger partial charge in [0.1, 0.15) is 0 Å². The molecule has 0 atom stereocenters. The molecule has 0 N–H and O–H groups in total. The van der Waals surface area contributed by atoms with Crippen LogP contribution in [0.2, 0.25) is 10.0 Å². The van der Waals surface area contributed by atoms with Crippen LogP contribution in [-0.4, -0.2) is 0 Å². The Kier molecular flexibility index (Phi) is 1.99. The summed E-state index contributed by atoms with van der Waals surface area (Å²) in [5, 5.41) is 1.32. The van der Waals surface area contributed by atoms with E-state index in [1.165, 1.54) is 0 Å². The molecule has 0 unspecified atom stereocenters. The highest BCUT2D eigenvalue weighted by Crippen LogP contribution is 2.18. The lowest BCUT2D eigenvalue weighted by atomic mass is 10.2. The fourth-order valence-electron chi connectivity index (χ4n) is 0.547. The number of halogens is 2. The first-order valence-electron chi connectivity index (χ1n) is 2.53. The van der Waals surface area contributed by atoms with Crippen molar-refractivity contribution in [3.8, 4) is 0 Å². The van der Waals surface area contributed by atoms with Gasteiger partial charge in [0.05, 0.1) is 0 Å². The van der Waals surface area contributed by atoms with Crippen LogP contribution in [-0.2, 0) is 0 Å². The minimum absolute atomic E-state index is 0.608. The molecule has 47 valence electrons. The molecule has 2 heteroatoms. The van der Waals surface area contributed by atoms with Gasteiger partial charge in [-0.25, -0.2) is 0 Å². The third-order valence-corrected chi connectivity index (χ3v) is 1.68. The van der Waals surface area contributed by atoms with Gasteiger partial charge < -0.3 is 0 Å². The van der Waals surface area contributed by atoms with Crippen LogP contribution in [0.25, 0.3) is 0 Å². The molecule has 0 saturated heterocycles. The number of hydrogen-bond donors (Lipinski definition) is 0. The number of aryl methyl sites for hydroxylation is 1. The van der Waals surface area contributed by atoms with Crippen LogP contribution in [0.1, 0.15) is 5.56 Å². The smallest absolute Gasteiger partial charge is 0.0488 e. The van der Waals surface area contributed by atoms with E-state index in [1.54, 1.807) is 12.1 Å². The van der Waals surface area contributed by atoms with Gasteiger partial charge in [0.15, 0.2) is 0 Å². The van der Waals surface area contributed by atoms with Crippen molar-refractivity contribution in [1.82, 2.24) is 0 Å². The van der Waals surface area contributed by atoms with Gasteiger partial charge in [-0.2, -0.15) is 0 Å². The zero-order valence-electron chi connectivity index (χ0n) is 4.91. The van der Waals surface area contributed by atoms with Crippen LogP contribution in [0.4, 0.5) is 0 Å².